The van der Waals surface area contributed by atoms with Gasteiger partial charge in [0, 0.05) is 12.5 Å². The zero-order chi connectivity index (χ0) is 22.5. The standard InChI is InChI=1S/C19H17ClF4N6O/c1-9-5-15-14(8-29(9)16-7-25-27-18(31)17(16)20)26-28-30(15)10(2)12-4-3-11(21)6-13(12)19(22,23)24/h3-4,6-7,9-10H,5,8H2,1-2H3,(H,27,31)/t9-,10+/m1/s1. The fourth-order valence-corrected chi connectivity index (χ4v) is 4.07. The number of rotatable bonds is 3. The third-order valence-corrected chi connectivity index (χ3v) is 5.80. The van der Waals surface area contributed by atoms with Crippen LogP contribution in [0.4, 0.5) is 23.2 Å². The maximum absolute atomic E-state index is 13.5. The molecule has 1 aliphatic heterocycles. The summed E-state index contributed by atoms with van der Waals surface area (Å²) in [7, 11) is 0. The molecule has 0 bridgehead atoms. The van der Waals surface area contributed by atoms with Gasteiger partial charge in [-0.1, -0.05) is 22.9 Å². The molecule has 1 aromatic carbocycles. The van der Waals surface area contributed by atoms with Crippen LogP contribution in [0.2, 0.25) is 5.02 Å². The predicted octanol–water partition coefficient (Wildman–Crippen LogP) is 3.73. The van der Waals surface area contributed by atoms with Gasteiger partial charge < -0.3 is 4.90 Å². The van der Waals surface area contributed by atoms with Crippen molar-refractivity contribution in [2.24, 2.45) is 0 Å². The van der Waals surface area contributed by atoms with Gasteiger partial charge in [0.1, 0.15) is 16.5 Å². The van der Waals surface area contributed by atoms with Gasteiger partial charge in [-0.25, -0.2) is 14.2 Å². The molecule has 4 rings (SSSR count). The summed E-state index contributed by atoms with van der Waals surface area (Å²) < 4.78 is 55.4. The summed E-state index contributed by atoms with van der Waals surface area (Å²) >= 11 is 6.12. The molecule has 1 N–H and O–H groups in total. The number of nitrogens with zero attached hydrogens (tertiary/aromatic N) is 5. The van der Waals surface area contributed by atoms with Crippen molar-refractivity contribution in [1.29, 1.82) is 0 Å². The third kappa shape index (κ3) is 3.78. The topological polar surface area (TPSA) is 79.7 Å². The number of aromatic nitrogens is 5. The highest BCUT2D eigenvalue weighted by Gasteiger charge is 2.37. The number of alkyl halides is 3. The minimum Gasteiger partial charge on any atom is -0.360 e. The molecule has 2 aromatic heterocycles. The molecule has 0 saturated heterocycles. The van der Waals surface area contributed by atoms with Crippen LogP contribution in [0.15, 0.2) is 29.2 Å². The zero-order valence-electron chi connectivity index (χ0n) is 16.4. The van der Waals surface area contributed by atoms with Gasteiger partial charge in [0.15, 0.2) is 0 Å². The van der Waals surface area contributed by atoms with E-state index in [0.717, 1.165) is 12.1 Å². The van der Waals surface area contributed by atoms with Crippen LogP contribution in [0.25, 0.3) is 0 Å². The summed E-state index contributed by atoms with van der Waals surface area (Å²) in [5.41, 5.74) is -0.0105. The Morgan fingerprint density at radius 2 is 2.06 bits per heavy atom. The van der Waals surface area contributed by atoms with Gasteiger partial charge in [-0.15, -0.1) is 5.10 Å². The second-order valence-corrected chi connectivity index (χ2v) is 7.79. The third-order valence-electron chi connectivity index (χ3n) is 5.44. The summed E-state index contributed by atoms with van der Waals surface area (Å²) in [6.07, 6.45) is -2.87. The predicted molar refractivity (Wildman–Crippen MR) is 104 cm³/mol. The Morgan fingerprint density at radius 1 is 1.32 bits per heavy atom. The number of hydrogen-bond acceptors (Lipinski definition) is 5. The molecule has 0 fully saturated rings. The highest BCUT2D eigenvalue weighted by atomic mass is 35.5. The fourth-order valence-electron chi connectivity index (χ4n) is 3.87. The van der Waals surface area contributed by atoms with Crippen molar-refractivity contribution < 1.29 is 17.6 Å². The lowest BCUT2D eigenvalue weighted by molar-refractivity contribution is -0.138. The summed E-state index contributed by atoms with van der Waals surface area (Å²) in [5, 5.41) is 14.3. The van der Waals surface area contributed by atoms with Crippen LogP contribution in [0.3, 0.4) is 0 Å². The molecule has 0 unspecified atom stereocenters. The van der Waals surface area contributed by atoms with Gasteiger partial charge in [0.05, 0.1) is 35.7 Å². The number of nitrogens with one attached hydrogen (secondary N) is 1. The molecule has 3 aromatic rings. The summed E-state index contributed by atoms with van der Waals surface area (Å²) in [5.74, 6) is -0.962. The quantitative estimate of drug-likeness (QED) is 0.607. The van der Waals surface area contributed by atoms with E-state index in [1.807, 2.05) is 11.8 Å². The second kappa shape index (κ2) is 7.63. The lowest BCUT2D eigenvalue weighted by Gasteiger charge is -2.35. The molecule has 0 saturated carbocycles. The van der Waals surface area contributed by atoms with Crippen molar-refractivity contribution in [2.45, 2.75) is 45.1 Å². The smallest absolute Gasteiger partial charge is 0.360 e. The first-order valence-electron chi connectivity index (χ1n) is 9.37. The Hall–Kier alpha value is -2.95. The number of benzene rings is 1. The van der Waals surface area contributed by atoms with Crippen molar-refractivity contribution in [3.8, 4) is 0 Å². The van der Waals surface area contributed by atoms with E-state index in [1.165, 1.54) is 10.9 Å². The van der Waals surface area contributed by atoms with Crippen LogP contribution in [-0.2, 0) is 19.1 Å². The van der Waals surface area contributed by atoms with Gasteiger partial charge >= 0.3 is 6.18 Å². The van der Waals surface area contributed by atoms with Crippen LogP contribution >= 0.6 is 11.6 Å². The van der Waals surface area contributed by atoms with E-state index in [4.69, 9.17) is 11.6 Å². The molecular weight excluding hydrogens is 440 g/mol. The Kier molecular flexibility index (Phi) is 5.24. The SMILES string of the molecule is C[C@@H]1Cc2c(nnn2[C@@H](C)c2ccc(F)cc2C(F)(F)F)CN1c1cn[nH]c(=O)c1Cl. The normalized spacial score (nSPS) is 17.5. The second-order valence-electron chi connectivity index (χ2n) is 7.41. The Balaban J connectivity index is 1.71. The van der Waals surface area contributed by atoms with E-state index in [-0.39, 0.29) is 23.2 Å². The first-order chi connectivity index (χ1) is 14.6. The first kappa shape index (κ1) is 21.3. The molecule has 164 valence electrons. The van der Waals surface area contributed by atoms with Crippen LogP contribution in [0.1, 0.15) is 42.4 Å². The first-order valence-corrected chi connectivity index (χ1v) is 9.75. The average Bonchev–Trinajstić information content (AvgIpc) is 3.11. The molecule has 7 nitrogen and oxygen atoms in total. The molecule has 12 heteroatoms. The monoisotopic (exact) mass is 456 g/mol. The van der Waals surface area contributed by atoms with E-state index in [9.17, 15) is 22.4 Å². The van der Waals surface area contributed by atoms with Crippen LogP contribution in [0, 0.1) is 5.82 Å². The van der Waals surface area contributed by atoms with Gasteiger partial charge in [-0.05, 0) is 31.5 Å². The van der Waals surface area contributed by atoms with Gasteiger partial charge in [-0.3, -0.25) is 4.79 Å². The Bertz CT molecular complexity index is 1190. The molecule has 0 radical (unpaired) electrons. The average molecular weight is 457 g/mol. The molecule has 0 spiro atoms. The van der Waals surface area contributed by atoms with Gasteiger partial charge in [0.2, 0.25) is 0 Å². The van der Waals surface area contributed by atoms with Crippen molar-refractivity contribution >= 4 is 17.3 Å². The Morgan fingerprint density at radius 3 is 2.77 bits per heavy atom. The van der Waals surface area contributed by atoms with Crippen molar-refractivity contribution in [1.82, 2.24) is 25.2 Å². The zero-order valence-corrected chi connectivity index (χ0v) is 17.2. The van der Waals surface area contributed by atoms with Crippen molar-refractivity contribution in [3.63, 3.8) is 0 Å². The van der Waals surface area contributed by atoms with Crippen LogP contribution in [-0.4, -0.2) is 31.2 Å². The largest absolute Gasteiger partial charge is 0.416 e. The molecule has 0 amide bonds. The molecular formula is C19H17ClF4N6O. The molecule has 0 aliphatic carbocycles. The Labute approximate surface area is 178 Å². The minimum absolute atomic E-state index is 0.00723. The van der Waals surface area contributed by atoms with E-state index in [2.05, 4.69) is 20.5 Å². The molecule has 2 atom stereocenters. The summed E-state index contributed by atoms with van der Waals surface area (Å²) in [6, 6.07) is 1.63. The lowest BCUT2D eigenvalue weighted by Crippen LogP contribution is -2.40. The van der Waals surface area contributed by atoms with E-state index < -0.39 is 29.2 Å². The maximum Gasteiger partial charge on any atom is 0.416 e. The molecule has 1 aliphatic rings. The van der Waals surface area contributed by atoms with Crippen molar-refractivity contribution in [2.75, 3.05) is 4.90 Å². The van der Waals surface area contributed by atoms with E-state index in [1.54, 1.807) is 6.92 Å². The van der Waals surface area contributed by atoms with Gasteiger partial charge in [0.25, 0.3) is 5.56 Å². The van der Waals surface area contributed by atoms with Crippen LogP contribution < -0.4 is 10.5 Å². The maximum atomic E-state index is 13.5. The number of H-pyrrole nitrogens is 1. The summed E-state index contributed by atoms with van der Waals surface area (Å²) in [6.45, 7) is 3.71. The lowest BCUT2D eigenvalue weighted by atomic mass is 9.98. The number of anilines is 1. The fraction of sp³-hybridized carbons (Fsp3) is 0.368. The number of aromatic amines is 1. The van der Waals surface area contributed by atoms with E-state index in [0.29, 0.717) is 29.6 Å². The van der Waals surface area contributed by atoms with Crippen LogP contribution in [0.5, 0.6) is 0 Å². The minimum atomic E-state index is -4.71. The van der Waals surface area contributed by atoms with E-state index >= 15 is 0 Å². The highest BCUT2D eigenvalue weighted by molar-refractivity contribution is 6.33. The van der Waals surface area contributed by atoms with Gasteiger partial charge in [-0.2, -0.15) is 18.3 Å². The number of halogens is 5. The highest BCUT2D eigenvalue weighted by Crippen LogP contribution is 2.37. The van der Waals surface area contributed by atoms with Crippen molar-refractivity contribution in [3.05, 3.63) is 68.1 Å². The molecule has 31 heavy (non-hydrogen) atoms. The summed E-state index contributed by atoms with van der Waals surface area (Å²) in [4.78, 5) is 13.6. The number of fused-ring (bicyclic) bond motifs is 1. The molecule has 3 heterocycles. The number of hydrogen-bond donors (Lipinski definition) is 1.